The standard InChI is InChI=1S/C19H18ClN3O3S/c20-14-6-3-7-15(11-14)21-19(24)13-5-4-10-23(12-13)18-16-8-1-2-9-17(16)27(25,26)22-18/h1-3,6-9,11,13H,4-5,10,12H2,(H,21,24). The third-order valence-corrected chi connectivity index (χ3v) is 6.36. The third-order valence-electron chi connectivity index (χ3n) is 4.80. The number of hydrogen-bond acceptors (Lipinski definition) is 4. The van der Waals surface area contributed by atoms with Crippen molar-refractivity contribution in [2.24, 2.45) is 10.3 Å². The summed E-state index contributed by atoms with van der Waals surface area (Å²) < 4.78 is 28.5. The summed E-state index contributed by atoms with van der Waals surface area (Å²) >= 11 is 5.97. The SMILES string of the molecule is O=C(Nc1cccc(Cl)c1)C1CCCN(C2=NS(=O)(=O)c3ccccc32)C1. The maximum absolute atomic E-state index is 12.7. The summed E-state index contributed by atoms with van der Waals surface area (Å²) in [5, 5.41) is 3.45. The molecule has 0 radical (unpaired) electrons. The Morgan fingerprint density at radius 2 is 2.00 bits per heavy atom. The van der Waals surface area contributed by atoms with E-state index in [4.69, 9.17) is 11.6 Å². The summed E-state index contributed by atoms with van der Waals surface area (Å²) in [6.45, 7) is 1.10. The van der Waals surface area contributed by atoms with E-state index in [0.29, 0.717) is 35.2 Å². The molecule has 1 N–H and O–H groups in total. The minimum Gasteiger partial charge on any atom is -0.355 e. The van der Waals surface area contributed by atoms with Gasteiger partial charge in [-0.05, 0) is 43.2 Å². The molecule has 0 aromatic heterocycles. The molecular weight excluding hydrogens is 386 g/mol. The summed E-state index contributed by atoms with van der Waals surface area (Å²) in [5.74, 6) is 0.0819. The Morgan fingerprint density at radius 3 is 2.81 bits per heavy atom. The Kier molecular flexibility index (Phi) is 4.65. The maximum Gasteiger partial charge on any atom is 0.285 e. The van der Waals surface area contributed by atoms with E-state index < -0.39 is 10.0 Å². The lowest BCUT2D eigenvalue weighted by molar-refractivity contribution is -0.121. The molecule has 27 heavy (non-hydrogen) atoms. The van der Waals surface area contributed by atoms with Gasteiger partial charge in [-0.15, -0.1) is 4.40 Å². The highest BCUT2D eigenvalue weighted by atomic mass is 35.5. The van der Waals surface area contributed by atoms with Crippen molar-refractivity contribution in [3.63, 3.8) is 0 Å². The highest BCUT2D eigenvalue weighted by Gasteiger charge is 2.35. The zero-order valence-corrected chi connectivity index (χ0v) is 16.0. The molecule has 0 aliphatic carbocycles. The number of amides is 1. The second-order valence-corrected chi connectivity index (χ2v) is 8.68. The number of likely N-dealkylation sites (tertiary alicyclic amines) is 1. The molecule has 1 amide bonds. The number of nitrogens with zero attached hydrogens (tertiary/aromatic N) is 2. The number of rotatable bonds is 2. The number of halogens is 1. The molecule has 1 saturated heterocycles. The van der Waals surface area contributed by atoms with Crippen molar-refractivity contribution in [3.8, 4) is 0 Å². The molecule has 2 aliphatic heterocycles. The Bertz CT molecular complexity index is 1040. The molecule has 1 unspecified atom stereocenters. The fraction of sp³-hybridized carbons (Fsp3) is 0.263. The van der Waals surface area contributed by atoms with Crippen LogP contribution in [0.1, 0.15) is 18.4 Å². The lowest BCUT2D eigenvalue weighted by atomic mass is 9.96. The highest BCUT2D eigenvalue weighted by Crippen LogP contribution is 2.30. The van der Waals surface area contributed by atoms with E-state index in [-0.39, 0.29) is 16.7 Å². The van der Waals surface area contributed by atoms with Gasteiger partial charge in [-0.2, -0.15) is 8.42 Å². The first-order valence-corrected chi connectivity index (χ1v) is 10.5. The molecule has 2 aromatic rings. The number of sulfonamides is 1. The van der Waals surface area contributed by atoms with Gasteiger partial charge < -0.3 is 10.2 Å². The molecule has 0 spiro atoms. The van der Waals surface area contributed by atoms with Gasteiger partial charge in [0.15, 0.2) is 5.84 Å². The smallest absolute Gasteiger partial charge is 0.285 e. The van der Waals surface area contributed by atoms with Gasteiger partial charge in [0.1, 0.15) is 4.90 Å². The van der Waals surface area contributed by atoms with E-state index in [1.54, 1.807) is 48.5 Å². The van der Waals surface area contributed by atoms with Gasteiger partial charge in [0, 0.05) is 29.4 Å². The molecular formula is C19H18ClN3O3S. The van der Waals surface area contributed by atoms with Crippen molar-refractivity contribution in [1.82, 2.24) is 4.90 Å². The van der Waals surface area contributed by atoms with E-state index in [1.165, 1.54) is 0 Å². The second-order valence-electron chi connectivity index (χ2n) is 6.67. The molecule has 140 valence electrons. The molecule has 0 bridgehead atoms. The Hall–Kier alpha value is -2.38. The van der Waals surface area contributed by atoms with Gasteiger partial charge in [-0.3, -0.25) is 4.79 Å². The second kappa shape index (κ2) is 6.98. The molecule has 2 heterocycles. The number of anilines is 1. The van der Waals surface area contributed by atoms with Crippen LogP contribution in [0.15, 0.2) is 57.8 Å². The first-order valence-electron chi connectivity index (χ1n) is 8.70. The van der Waals surface area contributed by atoms with Crippen LogP contribution in [-0.2, 0) is 14.8 Å². The van der Waals surface area contributed by atoms with Crippen LogP contribution in [0.4, 0.5) is 5.69 Å². The van der Waals surface area contributed by atoms with Gasteiger partial charge in [-0.25, -0.2) is 0 Å². The summed E-state index contributed by atoms with van der Waals surface area (Å²) in [6.07, 6.45) is 1.53. The number of piperidine rings is 1. The molecule has 0 saturated carbocycles. The zero-order valence-electron chi connectivity index (χ0n) is 14.4. The van der Waals surface area contributed by atoms with Gasteiger partial charge in [0.2, 0.25) is 5.91 Å². The number of nitrogens with one attached hydrogen (secondary N) is 1. The van der Waals surface area contributed by atoms with E-state index in [9.17, 15) is 13.2 Å². The summed E-state index contributed by atoms with van der Waals surface area (Å²) in [7, 11) is -3.66. The molecule has 4 rings (SSSR count). The normalized spacial score (nSPS) is 20.7. The average molecular weight is 404 g/mol. The van der Waals surface area contributed by atoms with Gasteiger partial charge in [0.05, 0.1) is 5.92 Å². The fourth-order valence-electron chi connectivity index (χ4n) is 3.51. The van der Waals surface area contributed by atoms with Gasteiger partial charge in [-0.1, -0.05) is 29.8 Å². The molecule has 1 fully saturated rings. The molecule has 2 aromatic carbocycles. The number of carbonyl (C=O) groups excluding carboxylic acids is 1. The van der Waals surface area contributed by atoms with Crippen molar-refractivity contribution in [1.29, 1.82) is 0 Å². The van der Waals surface area contributed by atoms with Gasteiger partial charge in [0.25, 0.3) is 10.0 Å². The highest BCUT2D eigenvalue weighted by molar-refractivity contribution is 7.90. The maximum atomic E-state index is 12.7. The fourth-order valence-corrected chi connectivity index (χ4v) is 4.93. The first kappa shape index (κ1) is 18.0. The lowest BCUT2D eigenvalue weighted by Gasteiger charge is -2.33. The van der Waals surface area contributed by atoms with Crippen molar-refractivity contribution < 1.29 is 13.2 Å². The lowest BCUT2D eigenvalue weighted by Crippen LogP contribution is -2.43. The molecule has 6 nitrogen and oxygen atoms in total. The minimum atomic E-state index is -3.66. The third kappa shape index (κ3) is 3.57. The van der Waals surface area contributed by atoms with Crippen LogP contribution >= 0.6 is 11.6 Å². The Balaban J connectivity index is 1.53. The molecule has 8 heteroatoms. The summed E-state index contributed by atoms with van der Waals surface area (Å²) in [4.78, 5) is 14.8. The van der Waals surface area contributed by atoms with Crippen molar-refractivity contribution in [2.75, 3.05) is 18.4 Å². The van der Waals surface area contributed by atoms with Crippen LogP contribution < -0.4 is 5.32 Å². The number of carbonyl (C=O) groups is 1. The van der Waals surface area contributed by atoms with Crippen LogP contribution in [0.3, 0.4) is 0 Å². The number of amidine groups is 1. The predicted octanol–water partition coefficient (Wildman–Crippen LogP) is 3.14. The van der Waals surface area contributed by atoms with Crippen LogP contribution in [0.5, 0.6) is 0 Å². The minimum absolute atomic E-state index is 0.100. The summed E-state index contributed by atoms with van der Waals surface area (Å²) in [6, 6.07) is 13.8. The monoisotopic (exact) mass is 403 g/mol. The van der Waals surface area contributed by atoms with Gasteiger partial charge >= 0.3 is 0 Å². The Morgan fingerprint density at radius 1 is 1.19 bits per heavy atom. The Labute approximate surface area is 162 Å². The van der Waals surface area contributed by atoms with E-state index >= 15 is 0 Å². The molecule has 1 atom stereocenters. The van der Waals surface area contributed by atoms with Crippen molar-refractivity contribution in [2.45, 2.75) is 17.7 Å². The van der Waals surface area contributed by atoms with Crippen molar-refractivity contribution >= 4 is 39.1 Å². The summed E-state index contributed by atoms with van der Waals surface area (Å²) in [5.41, 5.74) is 1.25. The van der Waals surface area contributed by atoms with E-state index in [2.05, 4.69) is 9.71 Å². The first-order chi connectivity index (χ1) is 12.9. The van der Waals surface area contributed by atoms with Crippen LogP contribution in [0.2, 0.25) is 5.02 Å². The van der Waals surface area contributed by atoms with E-state index in [1.807, 2.05) is 4.90 Å². The van der Waals surface area contributed by atoms with Crippen LogP contribution in [0, 0.1) is 5.92 Å². The topological polar surface area (TPSA) is 78.8 Å². The number of fused-ring (bicyclic) bond motifs is 1. The average Bonchev–Trinajstić information content (AvgIpc) is 2.93. The molecule has 2 aliphatic rings. The van der Waals surface area contributed by atoms with Crippen LogP contribution in [0.25, 0.3) is 0 Å². The van der Waals surface area contributed by atoms with Crippen molar-refractivity contribution in [3.05, 3.63) is 59.1 Å². The predicted molar refractivity (Wildman–Crippen MR) is 105 cm³/mol. The number of benzene rings is 2. The van der Waals surface area contributed by atoms with E-state index in [0.717, 1.165) is 12.8 Å². The number of hydrogen-bond donors (Lipinski definition) is 1. The largest absolute Gasteiger partial charge is 0.355 e. The quantitative estimate of drug-likeness (QED) is 0.835. The van der Waals surface area contributed by atoms with Crippen LogP contribution in [-0.4, -0.2) is 38.2 Å². The zero-order chi connectivity index (χ0) is 19.0.